The number of carbonyl (C=O) groups excluding carboxylic acids is 1. The van der Waals surface area contributed by atoms with Crippen molar-refractivity contribution in [2.24, 2.45) is 11.8 Å². The van der Waals surface area contributed by atoms with Gasteiger partial charge in [-0.15, -0.1) is 0 Å². The Kier molecular flexibility index (Phi) is 6.78. The van der Waals surface area contributed by atoms with Gasteiger partial charge in [0.2, 0.25) is 15.9 Å². The Labute approximate surface area is 195 Å². The van der Waals surface area contributed by atoms with Gasteiger partial charge < -0.3 is 23.8 Å². The lowest BCUT2D eigenvalue weighted by molar-refractivity contribution is -0.142. The van der Waals surface area contributed by atoms with Crippen LogP contribution in [0.3, 0.4) is 0 Å². The second kappa shape index (κ2) is 9.77. The summed E-state index contributed by atoms with van der Waals surface area (Å²) < 4.78 is 50.4. The number of hydrogen-bond acceptors (Lipinski definition) is 7. The van der Waals surface area contributed by atoms with E-state index in [1.165, 1.54) is 4.31 Å². The minimum Gasteiger partial charge on any atom is -0.490 e. The summed E-state index contributed by atoms with van der Waals surface area (Å²) in [5.74, 6) is 1.41. The van der Waals surface area contributed by atoms with Gasteiger partial charge in [-0.2, -0.15) is 4.31 Å². The number of carbonyl (C=O) groups is 1. The highest BCUT2D eigenvalue weighted by molar-refractivity contribution is 7.89. The van der Waals surface area contributed by atoms with Gasteiger partial charge in [-0.25, -0.2) is 8.42 Å². The molecular weight excluding hydrogens is 448 g/mol. The third-order valence-electron chi connectivity index (χ3n) is 7.04. The van der Waals surface area contributed by atoms with Crippen molar-refractivity contribution in [2.75, 3.05) is 52.6 Å². The smallest absolute Gasteiger partial charge is 0.243 e. The number of amides is 1. The molecular formula is C23H32N2O7S. The number of piperidine rings is 2. The number of likely N-dealkylation sites (tertiary alicyclic amines) is 1. The second-order valence-electron chi connectivity index (χ2n) is 9.11. The van der Waals surface area contributed by atoms with Crippen molar-refractivity contribution in [1.82, 2.24) is 9.21 Å². The number of ether oxygens (including phenoxy) is 4. The molecule has 0 aromatic heterocycles. The molecule has 1 aromatic rings. The fraction of sp³-hybridized carbons (Fsp3) is 0.696. The molecule has 1 aromatic carbocycles. The maximum absolute atomic E-state index is 13.2. The highest BCUT2D eigenvalue weighted by atomic mass is 32.2. The quantitative estimate of drug-likeness (QED) is 0.649. The van der Waals surface area contributed by atoms with Gasteiger partial charge in [0.25, 0.3) is 0 Å². The van der Waals surface area contributed by atoms with E-state index in [0.29, 0.717) is 82.9 Å². The summed E-state index contributed by atoms with van der Waals surface area (Å²) in [6, 6.07) is 4.78. The Balaban J connectivity index is 1.16. The third kappa shape index (κ3) is 4.84. The maximum atomic E-state index is 13.2. The SMILES string of the molecule is O=C(C1CCN(S(=O)(=O)c2ccc3c(c2)OCCCO3)CC1)N1CCC(C2OCCO2)CC1. The molecule has 4 aliphatic rings. The van der Waals surface area contributed by atoms with Gasteiger partial charge in [0.15, 0.2) is 17.8 Å². The first-order valence-corrected chi connectivity index (χ1v) is 13.4. The van der Waals surface area contributed by atoms with Gasteiger partial charge in [0, 0.05) is 50.5 Å². The van der Waals surface area contributed by atoms with Gasteiger partial charge >= 0.3 is 0 Å². The Morgan fingerprint density at radius 1 is 0.848 bits per heavy atom. The van der Waals surface area contributed by atoms with Gasteiger partial charge in [-0.3, -0.25) is 4.79 Å². The summed E-state index contributed by atoms with van der Waals surface area (Å²) in [5, 5.41) is 0. The third-order valence-corrected chi connectivity index (χ3v) is 8.94. The molecule has 0 saturated carbocycles. The number of sulfonamides is 1. The highest BCUT2D eigenvalue weighted by Crippen LogP contribution is 2.34. The molecule has 0 aliphatic carbocycles. The Hall–Kier alpha value is -1.88. The summed E-state index contributed by atoms with van der Waals surface area (Å²) >= 11 is 0. The molecule has 0 N–H and O–H groups in total. The minimum absolute atomic E-state index is 0.124. The van der Waals surface area contributed by atoms with Gasteiger partial charge in [-0.05, 0) is 37.8 Å². The molecule has 9 nitrogen and oxygen atoms in total. The van der Waals surface area contributed by atoms with Crippen molar-refractivity contribution in [3.05, 3.63) is 18.2 Å². The average molecular weight is 481 g/mol. The predicted molar refractivity (Wildman–Crippen MR) is 119 cm³/mol. The zero-order chi connectivity index (χ0) is 22.8. The van der Waals surface area contributed by atoms with E-state index < -0.39 is 10.0 Å². The van der Waals surface area contributed by atoms with Crippen LogP contribution >= 0.6 is 0 Å². The van der Waals surface area contributed by atoms with Crippen LogP contribution in [0.4, 0.5) is 0 Å². The predicted octanol–water partition coefficient (Wildman–Crippen LogP) is 1.86. The maximum Gasteiger partial charge on any atom is 0.243 e. The molecule has 10 heteroatoms. The van der Waals surface area contributed by atoms with E-state index in [2.05, 4.69) is 0 Å². The van der Waals surface area contributed by atoms with E-state index in [1.807, 2.05) is 4.90 Å². The molecule has 33 heavy (non-hydrogen) atoms. The van der Waals surface area contributed by atoms with E-state index in [4.69, 9.17) is 18.9 Å². The van der Waals surface area contributed by atoms with Crippen LogP contribution in [0, 0.1) is 11.8 Å². The molecule has 1 amide bonds. The molecule has 5 rings (SSSR count). The van der Waals surface area contributed by atoms with Crippen molar-refractivity contribution in [3.63, 3.8) is 0 Å². The standard InChI is InChI=1S/C23H32N2O7S/c26-22(24-8-4-18(5-9-24)23-31-14-15-32-23)17-6-10-25(11-7-17)33(27,28)19-2-3-20-21(16-19)30-13-1-12-29-20/h2-3,16-18,23H,1,4-15H2. The highest BCUT2D eigenvalue weighted by Gasteiger charge is 2.37. The van der Waals surface area contributed by atoms with E-state index in [9.17, 15) is 13.2 Å². The molecule has 3 saturated heterocycles. The molecule has 4 heterocycles. The van der Waals surface area contributed by atoms with Crippen molar-refractivity contribution < 1.29 is 32.2 Å². The average Bonchev–Trinajstić information content (AvgIpc) is 3.29. The van der Waals surface area contributed by atoms with Crippen molar-refractivity contribution >= 4 is 15.9 Å². The number of benzene rings is 1. The second-order valence-corrected chi connectivity index (χ2v) is 11.0. The lowest BCUT2D eigenvalue weighted by Crippen LogP contribution is -2.47. The van der Waals surface area contributed by atoms with Crippen molar-refractivity contribution in [2.45, 2.75) is 43.3 Å². The Morgan fingerprint density at radius 3 is 2.21 bits per heavy atom. The van der Waals surface area contributed by atoms with Crippen LogP contribution in [-0.2, 0) is 24.3 Å². The van der Waals surface area contributed by atoms with E-state index in [1.54, 1.807) is 18.2 Å². The van der Waals surface area contributed by atoms with Crippen LogP contribution in [0.5, 0.6) is 11.5 Å². The molecule has 4 aliphatic heterocycles. The first-order chi connectivity index (χ1) is 16.0. The summed E-state index contributed by atoms with van der Waals surface area (Å²) in [5.41, 5.74) is 0. The zero-order valence-corrected chi connectivity index (χ0v) is 19.6. The van der Waals surface area contributed by atoms with Gasteiger partial charge in [0.1, 0.15) is 0 Å². The molecule has 182 valence electrons. The Morgan fingerprint density at radius 2 is 1.52 bits per heavy atom. The number of nitrogens with zero attached hydrogens (tertiary/aromatic N) is 2. The minimum atomic E-state index is -3.65. The first-order valence-electron chi connectivity index (χ1n) is 11.9. The first kappa shape index (κ1) is 22.9. The van der Waals surface area contributed by atoms with E-state index in [0.717, 1.165) is 19.3 Å². The molecule has 3 fully saturated rings. The van der Waals surface area contributed by atoms with E-state index >= 15 is 0 Å². The summed E-state index contributed by atoms with van der Waals surface area (Å²) in [4.78, 5) is 15.2. The molecule has 0 atom stereocenters. The number of hydrogen-bond donors (Lipinski definition) is 0. The lowest BCUT2D eigenvalue weighted by atomic mass is 9.92. The molecule has 0 unspecified atom stereocenters. The summed E-state index contributed by atoms with van der Waals surface area (Å²) in [6.45, 7) is 4.46. The number of rotatable bonds is 4. The fourth-order valence-electron chi connectivity index (χ4n) is 5.10. The van der Waals surface area contributed by atoms with Crippen LogP contribution in [0.15, 0.2) is 23.1 Å². The van der Waals surface area contributed by atoms with Crippen LogP contribution < -0.4 is 9.47 Å². The fourth-order valence-corrected chi connectivity index (χ4v) is 6.58. The zero-order valence-electron chi connectivity index (χ0n) is 18.8. The van der Waals surface area contributed by atoms with Crippen molar-refractivity contribution in [3.8, 4) is 11.5 Å². The van der Waals surface area contributed by atoms with Crippen LogP contribution in [0.25, 0.3) is 0 Å². The van der Waals surface area contributed by atoms with Crippen LogP contribution in [0.2, 0.25) is 0 Å². The lowest BCUT2D eigenvalue weighted by Gasteiger charge is -2.37. The van der Waals surface area contributed by atoms with Crippen LogP contribution in [0.1, 0.15) is 32.1 Å². The number of fused-ring (bicyclic) bond motifs is 1. The topological polar surface area (TPSA) is 94.6 Å². The van der Waals surface area contributed by atoms with E-state index in [-0.39, 0.29) is 23.0 Å². The Bertz CT molecular complexity index is 948. The molecule has 0 bridgehead atoms. The monoisotopic (exact) mass is 480 g/mol. The van der Waals surface area contributed by atoms with Gasteiger partial charge in [0.05, 0.1) is 31.3 Å². The molecule has 0 spiro atoms. The largest absolute Gasteiger partial charge is 0.490 e. The molecule has 0 radical (unpaired) electrons. The van der Waals surface area contributed by atoms with Crippen molar-refractivity contribution in [1.29, 1.82) is 0 Å². The summed E-state index contributed by atoms with van der Waals surface area (Å²) in [7, 11) is -3.65. The normalized spacial score (nSPS) is 24.1. The summed E-state index contributed by atoms with van der Waals surface area (Å²) in [6.07, 6.45) is 3.48. The van der Waals surface area contributed by atoms with Crippen LogP contribution in [-0.4, -0.2) is 82.4 Å². The van der Waals surface area contributed by atoms with Gasteiger partial charge in [-0.1, -0.05) is 0 Å².